The third-order valence-electron chi connectivity index (χ3n) is 1.07. The van der Waals surface area contributed by atoms with E-state index in [0.29, 0.717) is 5.82 Å². The molecule has 0 radical (unpaired) electrons. The SMILES string of the molecule is CCNc1cccc(F)n1. The molecule has 54 valence electrons. The van der Waals surface area contributed by atoms with Crippen LogP contribution in [0, 0.1) is 5.95 Å². The largest absolute Gasteiger partial charge is 0.370 e. The molecule has 0 aromatic carbocycles. The Bertz CT molecular complexity index is 213. The molecule has 1 rings (SSSR count). The molecule has 0 aliphatic heterocycles. The Kier molecular flexibility index (Phi) is 2.20. The quantitative estimate of drug-likeness (QED) is 0.632. The summed E-state index contributed by atoms with van der Waals surface area (Å²) in [7, 11) is 0. The van der Waals surface area contributed by atoms with Crippen molar-refractivity contribution in [3.05, 3.63) is 24.1 Å². The summed E-state index contributed by atoms with van der Waals surface area (Å²) in [5.41, 5.74) is 0. The van der Waals surface area contributed by atoms with Crippen LogP contribution in [0.5, 0.6) is 0 Å². The van der Waals surface area contributed by atoms with Crippen LogP contribution < -0.4 is 5.32 Å². The predicted molar refractivity (Wildman–Crippen MR) is 38.4 cm³/mol. The molecule has 0 fully saturated rings. The molecule has 1 N–H and O–H groups in total. The third kappa shape index (κ3) is 1.69. The third-order valence-corrected chi connectivity index (χ3v) is 1.07. The maximum Gasteiger partial charge on any atom is 0.214 e. The molecule has 0 aliphatic carbocycles. The summed E-state index contributed by atoms with van der Waals surface area (Å²) in [6, 6.07) is 4.67. The van der Waals surface area contributed by atoms with Crippen molar-refractivity contribution in [1.82, 2.24) is 4.98 Å². The van der Waals surface area contributed by atoms with E-state index in [1.54, 1.807) is 12.1 Å². The van der Waals surface area contributed by atoms with Gasteiger partial charge in [-0.15, -0.1) is 0 Å². The Morgan fingerprint density at radius 2 is 2.40 bits per heavy atom. The number of nitrogens with zero attached hydrogens (tertiary/aromatic N) is 1. The summed E-state index contributed by atoms with van der Waals surface area (Å²) in [6.07, 6.45) is 0. The Balaban J connectivity index is 2.75. The van der Waals surface area contributed by atoms with Crippen LogP contribution in [0.1, 0.15) is 6.92 Å². The highest BCUT2D eigenvalue weighted by atomic mass is 19.1. The molecule has 2 nitrogen and oxygen atoms in total. The summed E-state index contributed by atoms with van der Waals surface area (Å²) in [6.45, 7) is 2.70. The van der Waals surface area contributed by atoms with Gasteiger partial charge in [0, 0.05) is 6.54 Å². The maximum absolute atomic E-state index is 12.3. The number of aromatic nitrogens is 1. The lowest BCUT2D eigenvalue weighted by molar-refractivity contribution is 0.585. The van der Waals surface area contributed by atoms with Gasteiger partial charge in [-0.25, -0.2) is 4.98 Å². The van der Waals surface area contributed by atoms with Gasteiger partial charge in [-0.1, -0.05) is 6.07 Å². The number of hydrogen-bond donors (Lipinski definition) is 1. The molecule has 3 heteroatoms. The van der Waals surface area contributed by atoms with Gasteiger partial charge in [0.05, 0.1) is 0 Å². The van der Waals surface area contributed by atoms with Crippen LogP contribution in [0.3, 0.4) is 0 Å². The molecule has 10 heavy (non-hydrogen) atoms. The van der Waals surface area contributed by atoms with Gasteiger partial charge in [-0.3, -0.25) is 0 Å². The molecule has 0 bridgehead atoms. The van der Waals surface area contributed by atoms with E-state index in [0.717, 1.165) is 6.54 Å². The van der Waals surface area contributed by atoms with Gasteiger partial charge in [0.2, 0.25) is 5.95 Å². The number of pyridine rings is 1. The molecular weight excluding hydrogens is 131 g/mol. The van der Waals surface area contributed by atoms with Crippen LogP contribution in [0.25, 0.3) is 0 Å². The minimum Gasteiger partial charge on any atom is -0.370 e. The molecule has 1 aromatic heterocycles. The lowest BCUT2D eigenvalue weighted by Crippen LogP contribution is -1.99. The van der Waals surface area contributed by atoms with Gasteiger partial charge in [-0.2, -0.15) is 4.39 Å². The van der Waals surface area contributed by atoms with Crippen LogP contribution in [0.2, 0.25) is 0 Å². The molecule has 0 aliphatic rings. The molecule has 1 aromatic rings. The first kappa shape index (κ1) is 6.99. The standard InChI is InChI=1S/C7H9FN2/c1-2-9-7-5-3-4-6(8)10-7/h3-5H,2H2,1H3,(H,9,10). The summed E-state index contributed by atoms with van der Waals surface area (Å²) >= 11 is 0. The van der Waals surface area contributed by atoms with Crippen molar-refractivity contribution >= 4 is 5.82 Å². The molecule has 1 heterocycles. The zero-order valence-corrected chi connectivity index (χ0v) is 5.76. The minimum absolute atomic E-state index is 0.446. The lowest BCUT2D eigenvalue weighted by atomic mass is 10.4. The maximum atomic E-state index is 12.3. The van der Waals surface area contributed by atoms with E-state index in [2.05, 4.69) is 10.3 Å². The molecular formula is C7H9FN2. The van der Waals surface area contributed by atoms with Gasteiger partial charge in [0.15, 0.2) is 0 Å². The van der Waals surface area contributed by atoms with E-state index in [4.69, 9.17) is 0 Å². The van der Waals surface area contributed by atoms with Crippen molar-refractivity contribution in [2.75, 3.05) is 11.9 Å². The Labute approximate surface area is 59.1 Å². The fourth-order valence-corrected chi connectivity index (χ4v) is 0.688. The second kappa shape index (κ2) is 3.15. The molecule has 0 unspecified atom stereocenters. The van der Waals surface area contributed by atoms with Gasteiger partial charge in [0.1, 0.15) is 5.82 Å². The summed E-state index contributed by atoms with van der Waals surface area (Å²) < 4.78 is 12.3. The first-order chi connectivity index (χ1) is 4.83. The normalized spacial score (nSPS) is 9.40. The van der Waals surface area contributed by atoms with E-state index in [9.17, 15) is 4.39 Å². The highest BCUT2D eigenvalue weighted by Gasteiger charge is 1.91. The van der Waals surface area contributed by atoms with Crippen LogP contribution in [0.4, 0.5) is 10.2 Å². The van der Waals surface area contributed by atoms with E-state index in [1.165, 1.54) is 6.07 Å². The van der Waals surface area contributed by atoms with E-state index >= 15 is 0 Å². The van der Waals surface area contributed by atoms with E-state index in [1.807, 2.05) is 6.92 Å². The molecule has 0 saturated heterocycles. The van der Waals surface area contributed by atoms with Crippen molar-refractivity contribution in [3.8, 4) is 0 Å². The first-order valence-electron chi connectivity index (χ1n) is 3.19. The average molecular weight is 140 g/mol. The zero-order valence-electron chi connectivity index (χ0n) is 5.76. The average Bonchev–Trinajstić information content (AvgIpc) is 1.88. The van der Waals surface area contributed by atoms with Crippen molar-refractivity contribution in [1.29, 1.82) is 0 Å². The topological polar surface area (TPSA) is 24.9 Å². The van der Waals surface area contributed by atoms with Crippen LogP contribution >= 0.6 is 0 Å². The zero-order chi connectivity index (χ0) is 7.40. The summed E-state index contributed by atoms with van der Waals surface area (Å²) in [4.78, 5) is 3.59. The summed E-state index contributed by atoms with van der Waals surface area (Å²) in [5.74, 6) is 0.140. The Morgan fingerprint density at radius 1 is 1.60 bits per heavy atom. The highest BCUT2D eigenvalue weighted by molar-refractivity contribution is 5.32. The van der Waals surface area contributed by atoms with Gasteiger partial charge in [-0.05, 0) is 19.1 Å². The number of anilines is 1. The van der Waals surface area contributed by atoms with Crippen LogP contribution in [-0.2, 0) is 0 Å². The van der Waals surface area contributed by atoms with Gasteiger partial charge < -0.3 is 5.32 Å². The molecule has 0 saturated carbocycles. The fraction of sp³-hybridized carbons (Fsp3) is 0.286. The Morgan fingerprint density at radius 3 is 3.00 bits per heavy atom. The minimum atomic E-state index is -0.446. The second-order valence-corrected chi connectivity index (χ2v) is 1.88. The van der Waals surface area contributed by atoms with E-state index < -0.39 is 5.95 Å². The van der Waals surface area contributed by atoms with Crippen LogP contribution in [0.15, 0.2) is 18.2 Å². The number of rotatable bonds is 2. The highest BCUT2D eigenvalue weighted by Crippen LogP contribution is 2.01. The predicted octanol–water partition coefficient (Wildman–Crippen LogP) is 1.65. The number of hydrogen-bond acceptors (Lipinski definition) is 2. The first-order valence-corrected chi connectivity index (χ1v) is 3.19. The van der Waals surface area contributed by atoms with Crippen molar-refractivity contribution in [3.63, 3.8) is 0 Å². The fourth-order valence-electron chi connectivity index (χ4n) is 0.688. The van der Waals surface area contributed by atoms with Gasteiger partial charge >= 0.3 is 0 Å². The second-order valence-electron chi connectivity index (χ2n) is 1.88. The summed E-state index contributed by atoms with van der Waals surface area (Å²) in [5, 5.41) is 2.90. The van der Waals surface area contributed by atoms with Crippen molar-refractivity contribution in [2.45, 2.75) is 6.92 Å². The lowest BCUT2D eigenvalue weighted by Gasteiger charge is -1.99. The van der Waals surface area contributed by atoms with Gasteiger partial charge in [0.25, 0.3) is 0 Å². The molecule has 0 atom stereocenters. The number of halogens is 1. The van der Waals surface area contributed by atoms with Crippen LogP contribution in [-0.4, -0.2) is 11.5 Å². The smallest absolute Gasteiger partial charge is 0.214 e. The monoisotopic (exact) mass is 140 g/mol. The number of nitrogens with one attached hydrogen (secondary N) is 1. The van der Waals surface area contributed by atoms with Crippen molar-refractivity contribution in [2.24, 2.45) is 0 Å². The molecule has 0 amide bonds. The van der Waals surface area contributed by atoms with Crippen molar-refractivity contribution < 1.29 is 4.39 Å². The van der Waals surface area contributed by atoms with E-state index in [-0.39, 0.29) is 0 Å². The Hall–Kier alpha value is -1.12. The molecule has 0 spiro atoms.